The van der Waals surface area contributed by atoms with Gasteiger partial charge in [-0.05, 0) is 29.8 Å². The van der Waals surface area contributed by atoms with Crippen molar-refractivity contribution in [3.05, 3.63) is 74.3 Å². The standard InChI is InChI=1S/C17H10Cl2N4O4/c18-11-5-6-13(14(19)9-11)16-21-22-17(27-16)20-15(24)7-4-10-2-1-3-12(8-10)23(25)26/h1-9H,(H,20,22,24)/b7-4+. The summed E-state index contributed by atoms with van der Waals surface area (Å²) < 4.78 is 5.36. The molecule has 10 heteroatoms. The first-order valence-electron chi connectivity index (χ1n) is 7.45. The molecular weight excluding hydrogens is 395 g/mol. The zero-order valence-corrected chi connectivity index (χ0v) is 14.9. The summed E-state index contributed by atoms with van der Waals surface area (Å²) in [5, 5.41) is 21.5. The highest BCUT2D eigenvalue weighted by Gasteiger charge is 2.13. The molecular formula is C17H10Cl2N4O4. The van der Waals surface area contributed by atoms with Gasteiger partial charge in [0.15, 0.2) is 0 Å². The van der Waals surface area contributed by atoms with Gasteiger partial charge >= 0.3 is 6.01 Å². The number of carbonyl (C=O) groups is 1. The van der Waals surface area contributed by atoms with Crippen LogP contribution in [-0.4, -0.2) is 21.0 Å². The van der Waals surface area contributed by atoms with Crippen LogP contribution in [0.25, 0.3) is 17.5 Å². The lowest BCUT2D eigenvalue weighted by atomic mass is 10.2. The number of anilines is 1. The smallest absolute Gasteiger partial charge is 0.322 e. The van der Waals surface area contributed by atoms with Crippen molar-refractivity contribution >= 4 is 46.9 Å². The average molecular weight is 405 g/mol. The summed E-state index contributed by atoms with van der Waals surface area (Å²) in [7, 11) is 0. The Hall–Kier alpha value is -3.23. The van der Waals surface area contributed by atoms with Gasteiger partial charge in [-0.3, -0.25) is 20.2 Å². The summed E-state index contributed by atoms with van der Waals surface area (Å²) in [5.74, 6) is -0.423. The lowest BCUT2D eigenvalue weighted by Crippen LogP contribution is -2.07. The van der Waals surface area contributed by atoms with E-state index in [0.29, 0.717) is 21.2 Å². The quantitative estimate of drug-likeness (QED) is 0.377. The Labute approximate surface area is 162 Å². The van der Waals surface area contributed by atoms with Crippen molar-refractivity contribution < 1.29 is 14.1 Å². The molecule has 0 aliphatic rings. The second-order valence-electron chi connectivity index (χ2n) is 5.21. The first-order valence-corrected chi connectivity index (χ1v) is 8.20. The minimum Gasteiger partial charge on any atom is -0.403 e. The third-order valence-corrected chi connectivity index (χ3v) is 3.87. The number of nitro groups is 1. The molecule has 0 saturated carbocycles. The molecule has 2 aromatic carbocycles. The Balaban J connectivity index is 1.69. The van der Waals surface area contributed by atoms with Gasteiger partial charge < -0.3 is 4.42 Å². The highest BCUT2D eigenvalue weighted by molar-refractivity contribution is 6.36. The third-order valence-electron chi connectivity index (χ3n) is 3.32. The van der Waals surface area contributed by atoms with E-state index in [9.17, 15) is 14.9 Å². The fraction of sp³-hybridized carbons (Fsp3) is 0. The van der Waals surface area contributed by atoms with Crippen molar-refractivity contribution in [1.82, 2.24) is 10.2 Å². The van der Waals surface area contributed by atoms with Crippen molar-refractivity contribution in [1.29, 1.82) is 0 Å². The van der Waals surface area contributed by atoms with E-state index in [4.69, 9.17) is 27.6 Å². The number of benzene rings is 2. The molecule has 0 fully saturated rings. The number of nitro benzene ring substituents is 1. The number of nitrogens with zero attached hydrogens (tertiary/aromatic N) is 3. The van der Waals surface area contributed by atoms with Gasteiger partial charge in [0.05, 0.1) is 15.5 Å². The number of rotatable bonds is 5. The first-order chi connectivity index (χ1) is 12.9. The fourth-order valence-corrected chi connectivity index (χ4v) is 2.60. The number of hydrogen-bond acceptors (Lipinski definition) is 6. The Morgan fingerprint density at radius 3 is 2.74 bits per heavy atom. The Morgan fingerprint density at radius 1 is 1.19 bits per heavy atom. The van der Waals surface area contributed by atoms with E-state index in [-0.39, 0.29) is 17.6 Å². The van der Waals surface area contributed by atoms with Crippen LogP contribution in [0.2, 0.25) is 10.0 Å². The van der Waals surface area contributed by atoms with Crippen LogP contribution in [0.5, 0.6) is 0 Å². The predicted octanol–water partition coefficient (Wildman–Crippen LogP) is 4.60. The van der Waals surface area contributed by atoms with E-state index < -0.39 is 10.8 Å². The highest BCUT2D eigenvalue weighted by atomic mass is 35.5. The Morgan fingerprint density at radius 2 is 2.00 bits per heavy atom. The zero-order chi connectivity index (χ0) is 19.4. The number of non-ortho nitro benzene ring substituents is 1. The number of carbonyl (C=O) groups excluding carboxylic acids is 1. The number of aromatic nitrogens is 2. The summed E-state index contributed by atoms with van der Waals surface area (Å²) in [6.45, 7) is 0. The maximum Gasteiger partial charge on any atom is 0.322 e. The van der Waals surface area contributed by atoms with Crippen molar-refractivity contribution in [2.75, 3.05) is 5.32 Å². The molecule has 0 aliphatic carbocycles. The van der Waals surface area contributed by atoms with Gasteiger partial charge in [-0.25, -0.2) is 0 Å². The van der Waals surface area contributed by atoms with Crippen molar-refractivity contribution in [2.45, 2.75) is 0 Å². The Kier molecular flexibility index (Phi) is 5.49. The maximum atomic E-state index is 12.0. The maximum absolute atomic E-state index is 12.0. The summed E-state index contributed by atoms with van der Waals surface area (Å²) >= 11 is 11.9. The van der Waals surface area contributed by atoms with E-state index in [2.05, 4.69) is 15.5 Å². The van der Waals surface area contributed by atoms with Crippen LogP contribution >= 0.6 is 23.2 Å². The Bertz CT molecular complexity index is 1050. The highest BCUT2D eigenvalue weighted by Crippen LogP contribution is 2.30. The van der Waals surface area contributed by atoms with Crippen LogP contribution in [0.1, 0.15) is 5.56 Å². The first kappa shape index (κ1) is 18.6. The van der Waals surface area contributed by atoms with Gasteiger partial charge in [-0.1, -0.05) is 40.4 Å². The molecule has 136 valence electrons. The molecule has 0 bridgehead atoms. The van der Waals surface area contributed by atoms with Crippen LogP contribution in [0, 0.1) is 10.1 Å². The lowest BCUT2D eigenvalue weighted by molar-refractivity contribution is -0.384. The molecule has 1 heterocycles. The monoisotopic (exact) mass is 404 g/mol. The third kappa shape index (κ3) is 4.69. The van der Waals surface area contributed by atoms with Crippen molar-refractivity contribution in [3.8, 4) is 11.5 Å². The molecule has 0 unspecified atom stereocenters. The normalized spacial score (nSPS) is 10.9. The molecule has 1 N–H and O–H groups in total. The molecule has 1 aromatic heterocycles. The zero-order valence-electron chi connectivity index (χ0n) is 13.4. The topological polar surface area (TPSA) is 111 Å². The number of amides is 1. The van der Waals surface area contributed by atoms with Gasteiger partial charge in [-0.2, -0.15) is 0 Å². The molecule has 0 atom stereocenters. The van der Waals surface area contributed by atoms with Crippen LogP contribution < -0.4 is 5.32 Å². The predicted molar refractivity (Wildman–Crippen MR) is 101 cm³/mol. The molecule has 0 saturated heterocycles. The molecule has 0 spiro atoms. The van der Waals surface area contributed by atoms with E-state index in [1.807, 2.05) is 0 Å². The second-order valence-corrected chi connectivity index (χ2v) is 6.05. The number of hydrogen-bond donors (Lipinski definition) is 1. The summed E-state index contributed by atoms with van der Waals surface area (Å²) in [4.78, 5) is 22.2. The van der Waals surface area contributed by atoms with E-state index >= 15 is 0 Å². The largest absolute Gasteiger partial charge is 0.403 e. The van der Waals surface area contributed by atoms with Gasteiger partial charge in [0, 0.05) is 23.2 Å². The van der Waals surface area contributed by atoms with Crippen molar-refractivity contribution in [3.63, 3.8) is 0 Å². The van der Waals surface area contributed by atoms with Crippen LogP contribution in [0.4, 0.5) is 11.7 Å². The number of halogens is 2. The summed E-state index contributed by atoms with van der Waals surface area (Å²) in [6, 6.07) is 10.5. The molecule has 3 rings (SSSR count). The van der Waals surface area contributed by atoms with Crippen LogP contribution in [0.15, 0.2) is 53.0 Å². The van der Waals surface area contributed by atoms with Crippen molar-refractivity contribution in [2.24, 2.45) is 0 Å². The fourth-order valence-electron chi connectivity index (χ4n) is 2.11. The summed E-state index contributed by atoms with van der Waals surface area (Å²) in [6.07, 6.45) is 2.62. The van der Waals surface area contributed by atoms with Gasteiger partial charge in [0.1, 0.15) is 0 Å². The average Bonchev–Trinajstić information content (AvgIpc) is 3.08. The van der Waals surface area contributed by atoms with Crippen LogP contribution in [0.3, 0.4) is 0 Å². The molecule has 3 aromatic rings. The molecule has 0 aliphatic heterocycles. The van der Waals surface area contributed by atoms with Gasteiger partial charge in [-0.15, -0.1) is 5.10 Å². The molecule has 1 amide bonds. The van der Waals surface area contributed by atoms with E-state index in [1.54, 1.807) is 18.2 Å². The number of nitrogens with one attached hydrogen (secondary N) is 1. The molecule has 27 heavy (non-hydrogen) atoms. The SMILES string of the molecule is O=C(/C=C/c1cccc([N+](=O)[O-])c1)Nc1nnc(-c2ccc(Cl)cc2Cl)o1. The van der Waals surface area contributed by atoms with Gasteiger partial charge in [0.2, 0.25) is 0 Å². The summed E-state index contributed by atoms with van der Waals surface area (Å²) in [5.41, 5.74) is 0.902. The van der Waals surface area contributed by atoms with Crippen LogP contribution in [-0.2, 0) is 4.79 Å². The molecule has 8 nitrogen and oxygen atoms in total. The minimum atomic E-state index is -0.543. The lowest BCUT2D eigenvalue weighted by Gasteiger charge is -1.99. The minimum absolute atomic E-state index is 0.0704. The van der Waals surface area contributed by atoms with E-state index in [1.165, 1.54) is 36.4 Å². The second kappa shape index (κ2) is 7.98. The molecule has 0 radical (unpaired) electrons. The van der Waals surface area contributed by atoms with E-state index in [0.717, 1.165) is 0 Å². The van der Waals surface area contributed by atoms with Gasteiger partial charge in [0.25, 0.3) is 17.5 Å².